The molecule has 1 unspecified atom stereocenters. The molecule has 1 aromatic heterocycles. The Labute approximate surface area is 154 Å². The third-order valence-corrected chi connectivity index (χ3v) is 5.01. The van der Waals surface area contributed by atoms with Crippen molar-refractivity contribution in [1.82, 2.24) is 9.97 Å². The van der Waals surface area contributed by atoms with Crippen LogP contribution in [-0.4, -0.2) is 36.7 Å². The fraction of sp³-hybridized carbons (Fsp3) is 0.333. The van der Waals surface area contributed by atoms with Gasteiger partial charge in [0.25, 0.3) is 0 Å². The summed E-state index contributed by atoms with van der Waals surface area (Å²) in [6, 6.07) is 16.2. The van der Waals surface area contributed by atoms with Crippen molar-refractivity contribution in [2.24, 2.45) is 5.92 Å². The van der Waals surface area contributed by atoms with Crippen LogP contribution in [0.15, 0.2) is 48.5 Å². The smallest absolute Gasteiger partial charge is 0.148 e. The molecule has 1 saturated heterocycles. The van der Waals surface area contributed by atoms with E-state index < -0.39 is 0 Å². The van der Waals surface area contributed by atoms with E-state index in [2.05, 4.69) is 27.3 Å². The van der Waals surface area contributed by atoms with Gasteiger partial charge in [-0.25, -0.2) is 9.97 Å². The van der Waals surface area contributed by atoms with Gasteiger partial charge in [-0.3, -0.25) is 0 Å². The van der Waals surface area contributed by atoms with Gasteiger partial charge in [-0.1, -0.05) is 24.3 Å². The van der Waals surface area contributed by atoms with E-state index in [9.17, 15) is 0 Å². The molecule has 2 aromatic carbocycles. The van der Waals surface area contributed by atoms with Crippen molar-refractivity contribution in [3.63, 3.8) is 0 Å². The number of benzene rings is 2. The first kappa shape index (κ1) is 16.6. The van der Waals surface area contributed by atoms with Crippen LogP contribution in [0.4, 0.5) is 11.5 Å². The molecule has 1 aliphatic heterocycles. The van der Waals surface area contributed by atoms with Crippen LogP contribution in [0.1, 0.15) is 12.1 Å². The van der Waals surface area contributed by atoms with E-state index in [0.717, 1.165) is 54.3 Å². The summed E-state index contributed by atoms with van der Waals surface area (Å²) >= 11 is 0. The van der Waals surface area contributed by atoms with Crippen LogP contribution in [0.5, 0.6) is 5.75 Å². The molecular formula is C21H24N4O. The average Bonchev–Trinajstić information content (AvgIpc) is 3.15. The molecule has 3 aromatic rings. The van der Waals surface area contributed by atoms with Gasteiger partial charge in [0.15, 0.2) is 0 Å². The first-order chi connectivity index (χ1) is 12.7. The van der Waals surface area contributed by atoms with E-state index in [4.69, 9.17) is 9.72 Å². The predicted molar refractivity (Wildman–Crippen MR) is 106 cm³/mol. The fourth-order valence-electron chi connectivity index (χ4n) is 3.61. The maximum Gasteiger partial charge on any atom is 0.148 e. The third kappa shape index (κ3) is 3.29. The van der Waals surface area contributed by atoms with Gasteiger partial charge in [0, 0.05) is 19.6 Å². The number of anilines is 2. The molecule has 0 spiro atoms. The molecule has 134 valence electrons. The first-order valence-electron chi connectivity index (χ1n) is 9.10. The lowest BCUT2D eigenvalue weighted by Crippen LogP contribution is -2.23. The lowest BCUT2D eigenvalue weighted by Gasteiger charge is -2.21. The zero-order valence-electron chi connectivity index (χ0n) is 15.3. The molecule has 2 heterocycles. The number of ether oxygens (including phenoxy) is 1. The number of nitrogens with one attached hydrogen (secondary N) is 1. The molecule has 26 heavy (non-hydrogen) atoms. The van der Waals surface area contributed by atoms with Crippen LogP contribution in [0, 0.1) is 12.8 Å². The summed E-state index contributed by atoms with van der Waals surface area (Å²) in [5.41, 5.74) is 4.00. The van der Waals surface area contributed by atoms with Crippen molar-refractivity contribution in [3.05, 3.63) is 54.2 Å². The highest BCUT2D eigenvalue weighted by Crippen LogP contribution is 2.32. The number of aromatic nitrogens is 2. The maximum absolute atomic E-state index is 5.50. The molecule has 0 bridgehead atoms. The van der Waals surface area contributed by atoms with Crippen LogP contribution in [0.3, 0.4) is 0 Å². The van der Waals surface area contributed by atoms with Gasteiger partial charge >= 0.3 is 0 Å². The van der Waals surface area contributed by atoms with Gasteiger partial charge in [-0.2, -0.15) is 0 Å². The van der Waals surface area contributed by atoms with Crippen molar-refractivity contribution < 1.29 is 4.74 Å². The summed E-state index contributed by atoms with van der Waals surface area (Å²) in [5.74, 6) is 2.41. The van der Waals surface area contributed by atoms with E-state index in [1.165, 1.54) is 5.69 Å². The highest BCUT2D eigenvalue weighted by atomic mass is 16.5. The van der Waals surface area contributed by atoms with Crippen molar-refractivity contribution in [1.29, 1.82) is 0 Å². The maximum atomic E-state index is 5.50. The van der Waals surface area contributed by atoms with Gasteiger partial charge in [0.1, 0.15) is 11.6 Å². The van der Waals surface area contributed by atoms with Gasteiger partial charge < -0.3 is 15.0 Å². The van der Waals surface area contributed by atoms with Crippen molar-refractivity contribution in [2.75, 3.05) is 37.0 Å². The number of rotatable bonds is 5. The predicted octanol–water partition coefficient (Wildman–Crippen LogP) is 3.89. The Bertz CT molecular complexity index is 911. The zero-order valence-corrected chi connectivity index (χ0v) is 15.3. The van der Waals surface area contributed by atoms with Crippen molar-refractivity contribution in [3.8, 4) is 5.75 Å². The molecule has 1 atom stereocenters. The number of fused-ring (bicyclic) bond motifs is 1. The number of hydrogen-bond acceptors (Lipinski definition) is 5. The van der Waals surface area contributed by atoms with Crippen LogP contribution in [-0.2, 0) is 0 Å². The van der Waals surface area contributed by atoms with E-state index in [1.54, 1.807) is 7.11 Å². The van der Waals surface area contributed by atoms with E-state index in [-0.39, 0.29) is 0 Å². The van der Waals surface area contributed by atoms with Crippen molar-refractivity contribution in [2.45, 2.75) is 13.3 Å². The summed E-state index contributed by atoms with van der Waals surface area (Å²) in [7, 11) is 1.73. The molecule has 0 aliphatic carbocycles. The van der Waals surface area contributed by atoms with Crippen LogP contribution < -0.4 is 15.0 Å². The lowest BCUT2D eigenvalue weighted by atomic mass is 10.1. The second kappa shape index (κ2) is 7.20. The van der Waals surface area contributed by atoms with Crippen molar-refractivity contribution >= 4 is 22.5 Å². The average molecular weight is 348 g/mol. The monoisotopic (exact) mass is 348 g/mol. The van der Waals surface area contributed by atoms with E-state index >= 15 is 0 Å². The number of methoxy groups -OCH3 is 1. The number of aryl methyl sites for hydroxylation is 1. The lowest BCUT2D eigenvalue weighted by molar-refractivity contribution is 0.414. The zero-order chi connectivity index (χ0) is 17.9. The quantitative estimate of drug-likeness (QED) is 0.758. The third-order valence-electron chi connectivity index (χ3n) is 5.01. The van der Waals surface area contributed by atoms with Gasteiger partial charge in [-0.15, -0.1) is 0 Å². The molecule has 5 nitrogen and oxygen atoms in total. The Morgan fingerprint density at radius 3 is 2.62 bits per heavy atom. The Hall–Kier alpha value is -2.82. The second-order valence-electron chi connectivity index (χ2n) is 6.80. The normalized spacial score (nSPS) is 16.8. The van der Waals surface area contributed by atoms with Gasteiger partial charge in [-0.05, 0) is 43.5 Å². The number of hydrogen-bond donors (Lipinski definition) is 1. The first-order valence-corrected chi connectivity index (χ1v) is 9.10. The van der Waals surface area contributed by atoms with E-state index in [1.807, 2.05) is 43.3 Å². The molecule has 0 radical (unpaired) electrons. The van der Waals surface area contributed by atoms with E-state index in [0.29, 0.717) is 5.92 Å². The minimum absolute atomic E-state index is 0.576. The Morgan fingerprint density at radius 2 is 1.81 bits per heavy atom. The molecular weight excluding hydrogens is 324 g/mol. The fourth-order valence-corrected chi connectivity index (χ4v) is 3.61. The Morgan fingerprint density at radius 1 is 1.08 bits per heavy atom. The molecule has 1 aliphatic rings. The molecule has 1 N–H and O–H groups in total. The minimum Gasteiger partial charge on any atom is -0.495 e. The number of para-hydroxylation sites is 4. The van der Waals surface area contributed by atoms with Crippen LogP contribution in [0.2, 0.25) is 0 Å². The van der Waals surface area contributed by atoms with Crippen LogP contribution in [0.25, 0.3) is 11.0 Å². The van der Waals surface area contributed by atoms with Crippen LogP contribution >= 0.6 is 0 Å². The second-order valence-corrected chi connectivity index (χ2v) is 6.80. The summed E-state index contributed by atoms with van der Waals surface area (Å²) in [4.78, 5) is 11.8. The number of nitrogens with zero attached hydrogens (tertiary/aromatic N) is 3. The Kier molecular flexibility index (Phi) is 4.61. The highest BCUT2D eigenvalue weighted by Gasteiger charge is 2.24. The SMILES string of the molecule is COc1ccccc1N1CCC(CNc2nc3ccccc3nc2C)C1. The van der Waals surface area contributed by atoms with Gasteiger partial charge in [0.05, 0.1) is 29.5 Å². The van der Waals surface area contributed by atoms with Gasteiger partial charge in [0.2, 0.25) is 0 Å². The summed E-state index contributed by atoms with van der Waals surface area (Å²) in [5, 5.41) is 3.52. The summed E-state index contributed by atoms with van der Waals surface area (Å²) < 4.78 is 5.50. The largest absolute Gasteiger partial charge is 0.495 e. The minimum atomic E-state index is 0.576. The standard InChI is InChI=1S/C21H24N4O/c1-15-21(24-18-8-4-3-7-17(18)23-15)22-13-16-11-12-25(14-16)19-9-5-6-10-20(19)26-2/h3-10,16H,11-14H2,1-2H3,(H,22,24). The molecule has 1 fully saturated rings. The molecule has 0 amide bonds. The molecule has 5 heteroatoms. The Balaban J connectivity index is 1.42. The highest BCUT2D eigenvalue weighted by molar-refractivity contribution is 5.76. The molecule has 0 saturated carbocycles. The molecule has 4 rings (SSSR count). The summed E-state index contributed by atoms with van der Waals surface area (Å²) in [6.45, 7) is 4.99. The topological polar surface area (TPSA) is 50.3 Å². The summed E-state index contributed by atoms with van der Waals surface area (Å²) in [6.07, 6.45) is 1.16.